The van der Waals surface area contributed by atoms with E-state index in [9.17, 15) is 4.79 Å². The Morgan fingerprint density at radius 2 is 1.88 bits per heavy atom. The van der Waals surface area contributed by atoms with Gasteiger partial charge < -0.3 is 0 Å². The largest absolute Gasteiger partial charge is 0.295 e. The Balaban J connectivity index is 1.97. The van der Waals surface area contributed by atoms with E-state index in [0.717, 1.165) is 37.0 Å². The molecule has 0 aliphatic heterocycles. The smallest absolute Gasteiger partial charge is 0.155 e. The van der Waals surface area contributed by atoms with Gasteiger partial charge in [0.05, 0.1) is 0 Å². The lowest BCUT2D eigenvalue weighted by molar-refractivity contribution is -0.117. The maximum atomic E-state index is 12.1. The second kappa shape index (κ2) is 7.28. The molecule has 0 aromatic carbocycles. The van der Waals surface area contributed by atoms with Gasteiger partial charge in [-0.3, -0.25) is 4.79 Å². The summed E-state index contributed by atoms with van der Waals surface area (Å²) in [5, 5.41) is 0. The van der Waals surface area contributed by atoms with E-state index in [-0.39, 0.29) is 0 Å². The standard InChI is InChI=1S/C25H40O/c1-7-21-20(23-13-12-22(17(4)5)24(23,6)8-2)11-10-18-16-19(26)14-15-25(18,21)9-3/h16,20-23H,4,7-15H2,1-3,5-6H3. The molecule has 0 N–H and O–H groups in total. The van der Waals surface area contributed by atoms with Crippen molar-refractivity contribution in [2.75, 3.05) is 0 Å². The molecule has 0 spiro atoms. The summed E-state index contributed by atoms with van der Waals surface area (Å²) in [6.45, 7) is 16.3. The summed E-state index contributed by atoms with van der Waals surface area (Å²) < 4.78 is 0. The summed E-state index contributed by atoms with van der Waals surface area (Å²) in [4.78, 5) is 12.1. The van der Waals surface area contributed by atoms with Crippen molar-refractivity contribution in [1.82, 2.24) is 0 Å². The van der Waals surface area contributed by atoms with Crippen molar-refractivity contribution in [2.45, 2.75) is 92.4 Å². The fourth-order valence-electron chi connectivity index (χ4n) is 7.72. The van der Waals surface area contributed by atoms with Gasteiger partial charge in [0, 0.05) is 6.42 Å². The Hall–Kier alpha value is -0.850. The molecule has 146 valence electrons. The van der Waals surface area contributed by atoms with Gasteiger partial charge >= 0.3 is 0 Å². The van der Waals surface area contributed by atoms with Crippen LogP contribution in [0, 0.1) is 34.5 Å². The minimum Gasteiger partial charge on any atom is -0.295 e. The van der Waals surface area contributed by atoms with Gasteiger partial charge in [-0.05, 0) is 92.4 Å². The van der Waals surface area contributed by atoms with Crippen molar-refractivity contribution in [3.63, 3.8) is 0 Å². The molecule has 0 radical (unpaired) electrons. The lowest BCUT2D eigenvalue weighted by Crippen LogP contribution is -2.47. The van der Waals surface area contributed by atoms with Crippen LogP contribution in [0.2, 0.25) is 0 Å². The first kappa shape index (κ1) is 19.9. The summed E-state index contributed by atoms with van der Waals surface area (Å²) in [5.41, 5.74) is 3.62. The van der Waals surface area contributed by atoms with E-state index in [1.54, 1.807) is 0 Å². The van der Waals surface area contributed by atoms with Crippen LogP contribution in [0.1, 0.15) is 92.4 Å². The van der Waals surface area contributed by atoms with Gasteiger partial charge in [-0.2, -0.15) is 0 Å². The Kier molecular flexibility index (Phi) is 5.58. The number of ketones is 1. The minimum atomic E-state index is 0.307. The van der Waals surface area contributed by atoms with Crippen molar-refractivity contribution >= 4 is 5.78 Å². The molecule has 0 aromatic heterocycles. The van der Waals surface area contributed by atoms with Crippen molar-refractivity contribution in [2.24, 2.45) is 34.5 Å². The van der Waals surface area contributed by atoms with Gasteiger partial charge in [-0.1, -0.05) is 51.8 Å². The van der Waals surface area contributed by atoms with E-state index in [1.807, 2.05) is 0 Å². The molecule has 0 amide bonds. The molecule has 6 unspecified atom stereocenters. The number of hydrogen-bond acceptors (Lipinski definition) is 1. The third-order valence-corrected chi connectivity index (χ3v) is 9.12. The van der Waals surface area contributed by atoms with Crippen molar-refractivity contribution < 1.29 is 4.79 Å². The van der Waals surface area contributed by atoms with E-state index in [4.69, 9.17) is 0 Å². The van der Waals surface area contributed by atoms with Gasteiger partial charge in [-0.15, -0.1) is 0 Å². The van der Waals surface area contributed by atoms with Crippen LogP contribution in [0.4, 0.5) is 0 Å². The molecule has 3 aliphatic carbocycles. The molecule has 2 fully saturated rings. The number of carbonyl (C=O) groups excluding carboxylic acids is 1. The third kappa shape index (κ3) is 2.85. The number of hydrogen-bond donors (Lipinski definition) is 0. The first-order valence-electron chi connectivity index (χ1n) is 11.2. The van der Waals surface area contributed by atoms with Crippen LogP contribution in [-0.4, -0.2) is 5.78 Å². The van der Waals surface area contributed by atoms with Crippen LogP contribution in [0.15, 0.2) is 23.8 Å². The summed E-state index contributed by atoms with van der Waals surface area (Å²) in [6, 6.07) is 0. The first-order chi connectivity index (χ1) is 12.3. The van der Waals surface area contributed by atoms with E-state index in [1.165, 1.54) is 49.7 Å². The number of fused-ring (bicyclic) bond motifs is 1. The van der Waals surface area contributed by atoms with Crippen molar-refractivity contribution in [3.8, 4) is 0 Å². The quantitative estimate of drug-likeness (QED) is 0.479. The maximum Gasteiger partial charge on any atom is 0.155 e. The second-order valence-corrected chi connectivity index (χ2v) is 9.81. The van der Waals surface area contributed by atoms with Crippen LogP contribution in [0.5, 0.6) is 0 Å². The Morgan fingerprint density at radius 3 is 2.46 bits per heavy atom. The van der Waals surface area contributed by atoms with E-state index < -0.39 is 0 Å². The summed E-state index contributed by atoms with van der Waals surface area (Å²) >= 11 is 0. The average Bonchev–Trinajstić information content (AvgIpc) is 2.98. The molecule has 26 heavy (non-hydrogen) atoms. The molecule has 1 heteroatoms. The zero-order chi connectivity index (χ0) is 19.1. The van der Waals surface area contributed by atoms with Gasteiger partial charge in [-0.25, -0.2) is 0 Å². The molecule has 0 heterocycles. The van der Waals surface area contributed by atoms with Crippen LogP contribution >= 0.6 is 0 Å². The highest BCUT2D eigenvalue weighted by Gasteiger charge is 2.55. The normalized spacial score (nSPS) is 43.1. The van der Waals surface area contributed by atoms with Crippen molar-refractivity contribution in [3.05, 3.63) is 23.8 Å². The molecule has 3 rings (SSSR count). The van der Waals surface area contributed by atoms with Gasteiger partial charge in [0.2, 0.25) is 0 Å². The Labute approximate surface area is 161 Å². The van der Waals surface area contributed by atoms with Gasteiger partial charge in [0.1, 0.15) is 0 Å². The fraction of sp³-hybridized carbons (Fsp3) is 0.800. The molecule has 0 aromatic rings. The van der Waals surface area contributed by atoms with Gasteiger partial charge in [0.15, 0.2) is 5.78 Å². The number of rotatable bonds is 5. The van der Waals surface area contributed by atoms with Crippen LogP contribution in [-0.2, 0) is 4.79 Å². The zero-order valence-electron chi connectivity index (χ0n) is 17.9. The SMILES string of the molecule is C=C(C)C1CCC(C2CCC3=CC(=O)CCC3(CC)C2CC)C1(C)CC. The highest BCUT2D eigenvalue weighted by Crippen LogP contribution is 2.64. The molecule has 0 bridgehead atoms. The fourth-order valence-corrected chi connectivity index (χ4v) is 7.72. The molecule has 6 atom stereocenters. The topological polar surface area (TPSA) is 17.1 Å². The second-order valence-electron chi connectivity index (χ2n) is 9.81. The van der Waals surface area contributed by atoms with Crippen LogP contribution < -0.4 is 0 Å². The van der Waals surface area contributed by atoms with Gasteiger partial charge in [0.25, 0.3) is 0 Å². The van der Waals surface area contributed by atoms with Crippen molar-refractivity contribution in [1.29, 1.82) is 0 Å². The lowest BCUT2D eigenvalue weighted by Gasteiger charge is -2.55. The molecular weight excluding hydrogens is 316 g/mol. The summed E-state index contributed by atoms with van der Waals surface area (Å²) in [7, 11) is 0. The van der Waals surface area contributed by atoms with Crippen LogP contribution in [0.3, 0.4) is 0 Å². The third-order valence-electron chi connectivity index (χ3n) is 9.12. The predicted molar refractivity (Wildman–Crippen MR) is 111 cm³/mol. The molecular formula is C25H40O. The maximum absolute atomic E-state index is 12.1. The summed E-state index contributed by atoms with van der Waals surface area (Å²) in [6.07, 6.45) is 12.8. The minimum absolute atomic E-state index is 0.307. The molecule has 1 nitrogen and oxygen atoms in total. The summed E-state index contributed by atoms with van der Waals surface area (Å²) in [5.74, 6) is 3.46. The predicted octanol–water partition coefficient (Wildman–Crippen LogP) is 7.13. The Bertz CT molecular complexity index is 599. The highest BCUT2D eigenvalue weighted by molar-refractivity contribution is 5.91. The molecule has 0 saturated heterocycles. The molecule has 3 aliphatic rings. The van der Waals surface area contributed by atoms with Crippen LogP contribution in [0.25, 0.3) is 0 Å². The number of allylic oxidation sites excluding steroid dienone is 3. The average molecular weight is 357 g/mol. The first-order valence-corrected chi connectivity index (χ1v) is 11.2. The Morgan fingerprint density at radius 1 is 1.15 bits per heavy atom. The van der Waals surface area contributed by atoms with E-state index in [0.29, 0.717) is 22.5 Å². The molecule has 2 saturated carbocycles. The lowest BCUT2D eigenvalue weighted by atomic mass is 9.49. The zero-order valence-corrected chi connectivity index (χ0v) is 17.9. The van der Waals surface area contributed by atoms with E-state index in [2.05, 4.69) is 47.3 Å². The van der Waals surface area contributed by atoms with E-state index >= 15 is 0 Å². The monoisotopic (exact) mass is 356 g/mol. The highest BCUT2D eigenvalue weighted by atomic mass is 16.1. The number of carbonyl (C=O) groups is 1.